The molecule has 0 aliphatic rings. The fourth-order valence-corrected chi connectivity index (χ4v) is 2.46. The van der Waals surface area contributed by atoms with E-state index >= 15 is 0 Å². The fourth-order valence-electron chi connectivity index (χ4n) is 2.46. The number of benzene rings is 2. The molecule has 2 aromatic rings. The maximum absolute atomic E-state index is 13.1. The smallest absolute Gasteiger partial charge is 0.251 e. The van der Waals surface area contributed by atoms with E-state index in [1.165, 1.54) is 6.07 Å². The predicted octanol–water partition coefficient (Wildman–Crippen LogP) is 2.11. The zero-order chi connectivity index (χ0) is 20.4. The Kier molecular flexibility index (Phi) is 8.20. The van der Waals surface area contributed by atoms with Crippen LogP contribution in [0.3, 0.4) is 0 Å². The number of ether oxygens (including phenoxy) is 1. The van der Waals surface area contributed by atoms with Crippen LogP contribution in [0.1, 0.15) is 15.9 Å². The molecule has 3 N–H and O–H groups in total. The van der Waals surface area contributed by atoms with Gasteiger partial charge in [-0.05, 0) is 36.2 Å². The number of hydrogen-bond donors (Lipinski definition) is 3. The lowest BCUT2D eigenvalue weighted by Gasteiger charge is -2.13. The summed E-state index contributed by atoms with van der Waals surface area (Å²) in [6.45, 7) is 1.33. The van der Waals surface area contributed by atoms with Gasteiger partial charge in [-0.1, -0.05) is 12.1 Å². The third-order valence-corrected chi connectivity index (χ3v) is 3.90. The van der Waals surface area contributed by atoms with Gasteiger partial charge in [0.1, 0.15) is 12.4 Å². The second-order valence-corrected chi connectivity index (χ2v) is 5.88. The Morgan fingerprint density at radius 2 is 1.86 bits per heavy atom. The van der Waals surface area contributed by atoms with Crippen LogP contribution < -0.4 is 20.7 Å². The molecule has 2 rings (SSSR count). The summed E-state index contributed by atoms with van der Waals surface area (Å²) < 4.78 is 31.4. The minimum Gasteiger partial charge on any atom is -0.492 e. The van der Waals surface area contributed by atoms with Gasteiger partial charge in [0, 0.05) is 32.3 Å². The second-order valence-electron chi connectivity index (χ2n) is 5.88. The van der Waals surface area contributed by atoms with Gasteiger partial charge < -0.3 is 20.7 Å². The summed E-state index contributed by atoms with van der Waals surface area (Å²) in [6, 6.07) is 10.8. The van der Waals surface area contributed by atoms with Gasteiger partial charge in [-0.2, -0.15) is 0 Å². The first-order valence-electron chi connectivity index (χ1n) is 8.87. The normalized spacial score (nSPS) is 11.1. The Morgan fingerprint density at radius 1 is 1.07 bits per heavy atom. The van der Waals surface area contributed by atoms with E-state index < -0.39 is 11.6 Å². The number of halogens is 2. The lowest BCUT2D eigenvalue weighted by atomic mass is 10.1. The average Bonchev–Trinajstić information content (AvgIpc) is 2.71. The van der Waals surface area contributed by atoms with Gasteiger partial charge in [-0.15, -0.1) is 0 Å². The molecule has 0 aliphatic heterocycles. The number of rotatable bonds is 8. The highest BCUT2D eigenvalue weighted by atomic mass is 19.2. The van der Waals surface area contributed by atoms with E-state index in [1.54, 1.807) is 20.2 Å². The molecule has 28 heavy (non-hydrogen) atoms. The molecule has 0 saturated heterocycles. The quantitative estimate of drug-likeness (QED) is 0.367. The molecule has 0 spiro atoms. The molecule has 0 atom stereocenters. The minimum atomic E-state index is -0.941. The highest BCUT2D eigenvalue weighted by molar-refractivity contribution is 5.94. The van der Waals surface area contributed by atoms with Crippen molar-refractivity contribution in [3.8, 4) is 5.75 Å². The molecule has 0 fully saturated rings. The standard InChI is InChI=1S/C20H24F2N4O2/c1-23-19(27)15-5-3-4-14(12-15)8-9-25-20(24-2)26-10-11-28-16-6-7-17(21)18(22)13-16/h3-7,12-13H,8-11H2,1-2H3,(H,23,27)(H2,24,25,26). The Morgan fingerprint density at radius 3 is 2.57 bits per heavy atom. The number of nitrogens with one attached hydrogen (secondary N) is 3. The predicted molar refractivity (Wildman–Crippen MR) is 105 cm³/mol. The van der Waals surface area contributed by atoms with Crippen LogP contribution in [0.15, 0.2) is 47.5 Å². The number of aliphatic imine (C=N–C) groups is 1. The number of amides is 1. The molecule has 0 saturated carbocycles. The van der Waals surface area contributed by atoms with Crippen LogP contribution in [-0.4, -0.2) is 45.7 Å². The van der Waals surface area contributed by atoms with Crippen molar-refractivity contribution in [2.75, 3.05) is 33.8 Å². The molecule has 0 heterocycles. The number of carbonyl (C=O) groups excluding carboxylic acids is 1. The van der Waals surface area contributed by atoms with Crippen LogP contribution in [-0.2, 0) is 6.42 Å². The van der Waals surface area contributed by atoms with E-state index in [4.69, 9.17) is 4.74 Å². The molecular formula is C20H24F2N4O2. The fraction of sp³-hybridized carbons (Fsp3) is 0.300. The molecular weight excluding hydrogens is 366 g/mol. The molecule has 1 amide bonds. The van der Waals surface area contributed by atoms with E-state index in [1.807, 2.05) is 18.2 Å². The van der Waals surface area contributed by atoms with Gasteiger partial charge in [-0.3, -0.25) is 9.79 Å². The molecule has 0 radical (unpaired) electrons. The van der Waals surface area contributed by atoms with Crippen LogP contribution in [0.25, 0.3) is 0 Å². The van der Waals surface area contributed by atoms with Crippen LogP contribution in [0, 0.1) is 11.6 Å². The molecule has 6 nitrogen and oxygen atoms in total. The van der Waals surface area contributed by atoms with Crippen molar-refractivity contribution in [1.82, 2.24) is 16.0 Å². The van der Waals surface area contributed by atoms with Gasteiger partial charge in [0.05, 0.1) is 6.54 Å². The lowest BCUT2D eigenvalue weighted by molar-refractivity contribution is 0.0963. The van der Waals surface area contributed by atoms with E-state index in [0.29, 0.717) is 24.6 Å². The van der Waals surface area contributed by atoms with Crippen molar-refractivity contribution < 1.29 is 18.3 Å². The highest BCUT2D eigenvalue weighted by Crippen LogP contribution is 2.14. The summed E-state index contributed by atoms with van der Waals surface area (Å²) in [6.07, 6.45) is 0.719. The van der Waals surface area contributed by atoms with Crippen molar-refractivity contribution in [2.45, 2.75) is 6.42 Å². The average molecular weight is 390 g/mol. The van der Waals surface area contributed by atoms with Gasteiger partial charge in [-0.25, -0.2) is 8.78 Å². The zero-order valence-corrected chi connectivity index (χ0v) is 15.9. The molecule has 0 bridgehead atoms. The second kappa shape index (κ2) is 10.9. The Hall–Kier alpha value is -3.16. The van der Waals surface area contributed by atoms with E-state index in [9.17, 15) is 13.6 Å². The third-order valence-electron chi connectivity index (χ3n) is 3.90. The number of hydrogen-bond acceptors (Lipinski definition) is 3. The minimum absolute atomic E-state index is 0.117. The molecule has 0 aromatic heterocycles. The van der Waals surface area contributed by atoms with Crippen molar-refractivity contribution in [2.24, 2.45) is 4.99 Å². The van der Waals surface area contributed by atoms with Crippen LogP contribution in [0.2, 0.25) is 0 Å². The first-order valence-corrected chi connectivity index (χ1v) is 8.87. The van der Waals surface area contributed by atoms with E-state index in [0.717, 1.165) is 24.1 Å². The van der Waals surface area contributed by atoms with Gasteiger partial charge in [0.25, 0.3) is 5.91 Å². The van der Waals surface area contributed by atoms with Crippen LogP contribution in [0.4, 0.5) is 8.78 Å². The molecule has 8 heteroatoms. The maximum Gasteiger partial charge on any atom is 0.251 e. The topological polar surface area (TPSA) is 74.8 Å². The monoisotopic (exact) mass is 390 g/mol. The largest absolute Gasteiger partial charge is 0.492 e. The first kappa shape index (κ1) is 21.1. The van der Waals surface area contributed by atoms with Crippen LogP contribution in [0.5, 0.6) is 5.75 Å². The molecule has 0 aliphatic carbocycles. The summed E-state index contributed by atoms with van der Waals surface area (Å²) >= 11 is 0. The van der Waals surface area contributed by atoms with Crippen molar-refractivity contribution in [1.29, 1.82) is 0 Å². The summed E-state index contributed by atoms with van der Waals surface area (Å²) in [5, 5.41) is 8.84. The molecule has 150 valence electrons. The SMILES string of the molecule is CN=C(NCCOc1ccc(F)c(F)c1)NCCc1cccc(C(=O)NC)c1. The highest BCUT2D eigenvalue weighted by Gasteiger charge is 2.05. The van der Waals surface area contributed by atoms with Gasteiger partial charge in [0.2, 0.25) is 0 Å². The van der Waals surface area contributed by atoms with Crippen molar-refractivity contribution >= 4 is 11.9 Å². The Bertz CT molecular complexity index is 828. The summed E-state index contributed by atoms with van der Waals surface area (Å²) in [7, 11) is 3.25. The van der Waals surface area contributed by atoms with Crippen molar-refractivity contribution in [3.63, 3.8) is 0 Å². The summed E-state index contributed by atoms with van der Waals surface area (Å²) in [4.78, 5) is 15.8. The van der Waals surface area contributed by atoms with E-state index in [-0.39, 0.29) is 18.3 Å². The number of carbonyl (C=O) groups is 1. The Balaban J connectivity index is 1.71. The first-order chi connectivity index (χ1) is 13.5. The van der Waals surface area contributed by atoms with Crippen LogP contribution >= 0.6 is 0 Å². The van der Waals surface area contributed by atoms with E-state index in [2.05, 4.69) is 20.9 Å². The number of guanidine groups is 1. The van der Waals surface area contributed by atoms with Gasteiger partial charge >= 0.3 is 0 Å². The number of nitrogens with zero attached hydrogens (tertiary/aromatic N) is 1. The van der Waals surface area contributed by atoms with Crippen molar-refractivity contribution in [3.05, 3.63) is 65.2 Å². The zero-order valence-electron chi connectivity index (χ0n) is 15.9. The molecule has 0 unspecified atom stereocenters. The Labute approximate surface area is 163 Å². The maximum atomic E-state index is 13.1. The third kappa shape index (κ3) is 6.53. The summed E-state index contributed by atoms with van der Waals surface area (Å²) in [5.41, 5.74) is 1.66. The van der Waals surface area contributed by atoms with Gasteiger partial charge in [0.15, 0.2) is 17.6 Å². The molecule has 2 aromatic carbocycles. The summed E-state index contributed by atoms with van der Waals surface area (Å²) in [5.74, 6) is -1.11. The lowest BCUT2D eigenvalue weighted by Crippen LogP contribution is -2.40.